The third-order valence-corrected chi connectivity index (χ3v) is 4.12. The van der Waals surface area contributed by atoms with Gasteiger partial charge in [0.05, 0.1) is 11.7 Å². The molecule has 1 aromatic heterocycles. The maximum Gasteiger partial charge on any atom is 0.416 e. The predicted octanol–water partition coefficient (Wildman–Crippen LogP) is 4.30. The molecule has 0 aliphatic carbocycles. The summed E-state index contributed by atoms with van der Waals surface area (Å²) in [5.41, 5.74) is 0.163. The summed E-state index contributed by atoms with van der Waals surface area (Å²) >= 11 is 5.89. The van der Waals surface area contributed by atoms with Crippen LogP contribution in [0, 0.1) is 0 Å². The van der Waals surface area contributed by atoms with Gasteiger partial charge in [-0.2, -0.15) is 13.2 Å². The summed E-state index contributed by atoms with van der Waals surface area (Å²) in [6.07, 6.45) is -5.76. The topological polar surface area (TPSA) is 65.1 Å². The van der Waals surface area contributed by atoms with Crippen LogP contribution in [0.5, 0.6) is 0 Å². The van der Waals surface area contributed by atoms with Crippen LogP contribution >= 0.6 is 11.6 Å². The molecule has 0 radical (unpaired) electrons. The Kier molecular flexibility index (Phi) is 4.93. The number of aliphatic hydroxyl groups excluding tert-OH is 1. The lowest BCUT2D eigenvalue weighted by molar-refractivity contribution is -0.137. The molecule has 0 saturated carbocycles. The van der Waals surface area contributed by atoms with Gasteiger partial charge in [0.2, 0.25) is 0 Å². The summed E-state index contributed by atoms with van der Waals surface area (Å²) in [6, 6.07) is 11.1. The molecule has 1 atom stereocenters. The van der Waals surface area contributed by atoms with Crippen molar-refractivity contribution in [2.24, 2.45) is 0 Å². The number of carbonyl (C=O) groups excluding carboxylic acids is 1. The number of aliphatic hydroxyl groups is 1. The molecular weight excluding hydrogens is 369 g/mol. The zero-order chi connectivity index (χ0) is 18.9. The van der Waals surface area contributed by atoms with Gasteiger partial charge in [0, 0.05) is 22.5 Å². The van der Waals surface area contributed by atoms with Crippen LogP contribution < -0.4 is 5.32 Å². The van der Waals surface area contributed by atoms with Gasteiger partial charge >= 0.3 is 6.18 Å². The Morgan fingerprint density at radius 3 is 2.69 bits per heavy atom. The number of nitrogens with one attached hydrogen (secondary N) is 2. The monoisotopic (exact) mass is 382 g/mol. The van der Waals surface area contributed by atoms with E-state index in [-0.39, 0.29) is 17.8 Å². The highest BCUT2D eigenvalue weighted by atomic mass is 35.5. The molecule has 0 fully saturated rings. The molecule has 0 spiro atoms. The number of carbonyl (C=O) groups is 1. The van der Waals surface area contributed by atoms with E-state index >= 15 is 0 Å². The molecule has 1 unspecified atom stereocenters. The molecule has 0 saturated heterocycles. The second kappa shape index (κ2) is 7.01. The molecule has 26 heavy (non-hydrogen) atoms. The van der Waals surface area contributed by atoms with Gasteiger partial charge in [-0.25, -0.2) is 0 Å². The lowest BCUT2D eigenvalue weighted by atomic mass is 10.1. The van der Waals surface area contributed by atoms with E-state index in [4.69, 9.17) is 11.6 Å². The third kappa shape index (κ3) is 4.00. The Hall–Kier alpha value is -2.51. The summed E-state index contributed by atoms with van der Waals surface area (Å²) in [5, 5.41) is 13.9. The average molecular weight is 383 g/mol. The van der Waals surface area contributed by atoms with Gasteiger partial charge in [-0.3, -0.25) is 4.79 Å². The van der Waals surface area contributed by atoms with Crippen molar-refractivity contribution >= 4 is 28.4 Å². The van der Waals surface area contributed by atoms with Gasteiger partial charge in [0.1, 0.15) is 5.69 Å². The molecular formula is C18H14ClF3N2O2. The van der Waals surface area contributed by atoms with Gasteiger partial charge < -0.3 is 15.4 Å². The molecule has 1 amide bonds. The van der Waals surface area contributed by atoms with Crippen molar-refractivity contribution in [1.82, 2.24) is 10.3 Å². The first-order valence-corrected chi connectivity index (χ1v) is 8.03. The smallest absolute Gasteiger partial charge is 0.387 e. The zero-order valence-corrected chi connectivity index (χ0v) is 14.0. The minimum atomic E-state index is -4.50. The van der Waals surface area contributed by atoms with Crippen LogP contribution in [0.15, 0.2) is 48.5 Å². The lowest BCUT2D eigenvalue weighted by Gasteiger charge is -2.14. The van der Waals surface area contributed by atoms with Crippen molar-refractivity contribution in [3.8, 4) is 0 Å². The standard InChI is InChI=1S/C18H14ClF3N2O2/c19-13-5-4-10-7-15(24-14(10)8-13)17(26)23-9-16(25)11-2-1-3-12(6-11)18(20,21)22/h1-8,16,24-25H,9H2,(H,23,26). The summed E-state index contributed by atoms with van der Waals surface area (Å²) < 4.78 is 38.2. The van der Waals surface area contributed by atoms with Crippen LogP contribution in [-0.4, -0.2) is 22.5 Å². The minimum absolute atomic E-state index is 0.0727. The number of aromatic amines is 1. The molecule has 3 aromatic rings. The first-order chi connectivity index (χ1) is 12.2. The lowest BCUT2D eigenvalue weighted by Crippen LogP contribution is -2.28. The number of hydrogen-bond donors (Lipinski definition) is 3. The molecule has 0 aliphatic heterocycles. The Labute approximate surface area is 151 Å². The number of amides is 1. The SMILES string of the molecule is O=C(NCC(O)c1cccc(C(F)(F)F)c1)c1cc2ccc(Cl)cc2[nH]1. The van der Waals surface area contributed by atoms with Crippen molar-refractivity contribution in [1.29, 1.82) is 0 Å². The van der Waals surface area contributed by atoms with Gasteiger partial charge in [0.15, 0.2) is 0 Å². The Balaban J connectivity index is 1.68. The molecule has 4 nitrogen and oxygen atoms in total. The van der Waals surface area contributed by atoms with E-state index in [1.165, 1.54) is 12.1 Å². The molecule has 2 aromatic carbocycles. The minimum Gasteiger partial charge on any atom is -0.387 e. The van der Waals surface area contributed by atoms with E-state index in [9.17, 15) is 23.1 Å². The number of H-pyrrole nitrogens is 1. The maximum absolute atomic E-state index is 12.7. The van der Waals surface area contributed by atoms with Gasteiger partial charge in [-0.1, -0.05) is 29.8 Å². The van der Waals surface area contributed by atoms with E-state index in [2.05, 4.69) is 10.3 Å². The number of hydrogen-bond acceptors (Lipinski definition) is 2. The largest absolute Gasteiger partial charge is 0.416 e. The highest BCUT2D eigenvalue weighted by molar-refractivity contribution is 6.31. The Bertz CT molecular complexity index is 953. The summed E-state index contributed by atoms with van der Waals surface area (Å²) in [6.45, 7) is -0.226. The van der Waals surface area contributed by atoms with Gasteiger partial charge in [-0.05, 0) is 35.9 Å². The first-order valence-electron chi connectivity index (χ1n) is 7.66. The summed E-state index contributed by atoms with van der Waals surface area (Å²) in [5.74, 6) is -0.483. The molecule has 3 N–H and O–H groups in total. The summed E-state index contributed by atoms with van der Waals surface area (Å²) in [7, 11) is 0. The fourth-order valence-electron chi connectivity index (χ4n) is 2.55. The Morgan fingerprint density at radius 2 is 1.96 bits per heavy atom. The fraction of sp³-hybridized carbons (Fsp3) is 0.167. The highest BCUT2D eigenvalue weighted by Gasteiger charge is 2.30. The van der Waals surface area contributed by atoms with Crippen molar-refractivity contribution < 1.29 is 23.1 Å². The van der Waals surface area contributed by atoms with Gasteiger partial charge in [-0.15, -0.1) is 0 Å². The quantitative estimate of drug-likeness (QED) is 0.629. The molecule has 3 rings (SSSR count). The maximum atomic E-state index is 12.7. The average Bonchev–Trinajstić information content (AvgIpc) is 3.02. The molecule has 1 heterocycles. The predicted molar refractivity (Wildman–Crippen MR) is 92.0 cm³/mol. The Morgan fingerprint density at radius 1 is 1.19 bits per heavy atom. The molecule has 0 aliphatic rings. The van der Waals surface area contributed by atoms with Crippen LogP contribution in [0.4, 0.5) is 13.2 Å². The number of halogens is 4. The van der Waals surface area contributed by atoms with E-state index in [1.807, 2.05) is 0 Å². The number of alkyl halides is 3. The van der Waals surface area contributed by atoms with Crippen LogP contribution in [0.25, 0.3) is 10.9 Å². The van der Waals surface area contributed by atoms with Crippen LogP contribution in [-0.2, 0) is 6.18 Å². The number of aromatic nitrogens is 1. The fourth-order valence-corrected chi connectivity index (χ4v) is 2.72. The van der Waals surface area contributed by atoms with E-state index < -0.39 is 23.8 Å². The van der Waals surface area contributed by atoms with Crippen molar-refractivity contribution in [3.63, 3.8) is 0 Å². The summed E-state index contributed by atoms with van der Waals surface area (Å²) in [4.78, 5) is 15.1. The number of benzene rings is 2. The van der Waals surface area contributed by atoms with Crippen LogP contribution in [0.3, 0.4) is 0 Å². The van der Waals surface area contributed by atoms with Gasteiger partial charge in [0.25, 0.3) is 5.91 Å². The molecule has 0 bridgehead atoms. The van der Waals surface area contributed by atoms with E-state index in [0.29, 0.717) is 10.5 Å². The van der Waals surface area contributed by atoms with Crippen molar-refractivity contribution in [2.75, 3.05) is 6.54 Å². The number of rotatable bonds is 4. The normalized spacial score (nSPS) is 13.0. The van der Waals surface area contributed by atoms with Crippen molar-refractivity contribution in [3.05, 3.63) is 70.4 Å². The van der Waals surface area contributed by atoms with Crippen LogP contribution in [0.2, 0.25) is 5.02 Å². The molecule has 8 heteroatoms. The van der Waals surface area contributed by atoms with E-state index in [1.54, 1.807) is 24.3 Å². The highest BCUT2D eigenvalue weighted by Crippen LogP contribution is 2.30. The van der Waals surface area contributed by atoms with E-state index in [0.717, 1.165) is 17.5 Å². The zero-order valence-electron chi connectivity index (χ0n) is 13.3. The molecule has 136 valence electrons. The number of fused-ring (bicyclic) bond motifs is 1. The third-order valence-electron chi connectivity index (χ3n) is 3.88. The second-order valence-electron chi connectivity index (χ2n) is 5.76. The second-order valence-corrected chi connectivity index (χ2v) is 6.20. The first kappa shape index (κ1) is 18.3. The van der Waals surface area contributed by atoms with Crippen molar-refractivity contribution in [2.45, 2.75) is 12.3 Å². The van der Waals surface area contributed by atoms with Crippen LogP contribution in [0.1, 0.15) is 27.7 Å².